The number of hydrogen-bond donors (Lipinski definition) is 1. The molecular weight excluding hydrogens is 419 g/mol. The van der Waals surface area contributed by atoms with Crippen LogP contribution in [-0.4, -0.2) is 14.9 Å². The van der Waals surface area contributed by atoms with Crippen LogP contribution in [0.1, 0.15) is 42.6 Å². The molecule has 1 N–H and O–H groups in total. The summed E-state index contributed by atoms with van der Waals surface area (Å²) >= 11 is 1.69. The van der Waals surface area contributed by atoms with E-state index < -0.39 is 6.10 Å². The largest absolute Gasteiger partial charge is 0.387 e. The van der Waals surface area contributed by atoms with Crippen LogP contribution in [0.2, 0.25) is 0 Å². The fraction of sp³-hybridized carbons (Fsp3) is 0.222. The Hall–Kier alpha value is -3.02. The van der Waals surface area contributed by atoms with Gasteiger partial charge in [0.25, 0.3) is 0 Å². The first-order chi connectivity index (χ1) is 15.5. The molecule has 3 aromatic carbocycles. The highest BCUT2D eigenvalue weighted by atomic mass is 32.1. The third-order valence-corrected chi connectivity index (χ3v) is 8.01. The van der Waals surface area contributed by atoms with Gasteiger partial charge in [-0.25, -0.2) is 9.07 Å². The minimum atomic E-state index is -0.581. The van der Waals surface area contributed by atoms with Gasteiger partial charge >= 0.3 is 0 Å². The monoisotopic (exact) mass is 442 g/mol. The van der Waals surface area contributed by atoms with E-state index in [4.69, 9.17) is 0 Å². The van der Waals surface area contributed by atoms with Crippen molar-refractivity contribution in [2.45, 2.75) is 37.7 Å². The van der Waals surface area contributed by atoms with Crippen LogP contribution in [0.15, 0.2) is 72.2 Å². The summed E-state index contributed by atoms with van der Waals surface area (Å²) in [6, 6.07) is 19.1. The lowest BCUT2D eigenvalue weighted by Gasteiger charge is -2.40. The van der Waals surface area contributed by atoms with Crippen molar-refractivity contribution in [2.75, 3.05) is 0 Å². The van der Waals surface area contributed by atoms with Gasteiger partial charge < -0.3 is 5.11 Å². The highest BCUT2D eigenvalue weighted by molar-refractivity contribution is 7.17. The van der Waals surface area contributed by atoms with Gasteiger partial charge in [-0.05, 0) is 89.2 Å². The van der Waals surface area contributed by atoms with Gasteiger partial charge in [0, 0.05) is 15.5 Å². The van der Waals surface area contributed by atoms with Crippen LogP contribution in [0.5, 0.6) is 0 Å². The summed E-state index contributed by atoms with van der Waals surface area (Å²) in [4.78, 5) is 0. The molecule has 6 rings (SSSR count). The Morgan fingerprint density at radius 2 is 1.94 bits per heavy atom. The number of hydrogen-bond acceptors (Lipinski definition) is 3. The minimum Gasteiger partial charge on any atom is -0.387 e. The second-order valence-corrected chi connectivity index (χ2v) is 9.87. The summed E-state index contributed by atoms with van der Waals surface area (Å²) < 4.78 is 16.5. The van der Waals surface area contributed by atoms with Crippen LogP contribution in [0.4, 0.5) is 4.39 Å². The molecule has 0 amide bonds. The van der Waals surface area contributed by atoms with Crippen LogP contribution in [0.3, 0.4) is 0 Å². The molecule has 2 atom stereocenters. The van der Waals surface area contributed by atoms with Crippen molar-refractivity contribution < 1.29 is 9.50 Å². The van der Waals surface area contributed by atoms with Crippen LogP contribution >= 0.6 is 11.3 Å². The number of nitrogens with zero attached hydrogens (tertiary/aromatic N) is 2. The van der Waals surface area contributed by atoms with E-state index in [1.165, 1.54) is 28.0 Å². The van der Waals surface area contributed by atoms with Crippen LogP contribution in [0.25, 0.3) is 26.7 Å². The van der Waals surface area contributed by atoms with Gasteiger partial charge in [0.15, 0.2) is 0 Å². The molecule has 0 aliphatic heterocycles. The predicted octanol–water partition coefficient (Wildman–Crippen LogP) is 6.71. The van der Waals surface area contributed by atoms with Crippen LogP contribution < -0.4 is 0 Å². The van der Waals surface area contributed by atoms with Gasteiger partial charge in [-0.1, -0.05) is 25.1 Å². The van der Waals surface area contributed by atoms with E-state index in [1.807, 2.05) is 23.0 Å². The number of thiophene rings is 1. The van der Waals surface area contributed by atoms with Crippen molar-refractivity contribution in [3.8, 4) is 5.69 Å². The van der Waals surface area contributed by atoms with E-state index in [0.29, 0.717) is 0 Å². The lowest BCUT2D eigenvalue weighted by atomic mass is 9.66. The van der Waals surface area contributed by atoms with E-state index in [9.17, 15) is 9.50 Å². The van der Waals surface area contributed by atoms with Crippen molar-refractivity contribution in [1.82, 2.24) is 9.78 Å². The molecule has 0 bridgehead atoms. The third kappa shape index (κ3) is 2.92. The maximum Gasteiger partial charge on any atom is 0.123 e. The normalized spacial score (nSPS) is 19.3. The van der Waals surface area contributed by atoms with Gasteiger partial charge in [0.2, 0.25) is 0 Å². The summed E-state index contributed by atoms with van der Waals surface area (Å²) in [5.74, 6) is -0.256. The molecule has 32 heavy (non-hydrogen) atoms. The predicted molar refractivity (Wildman–Crippen MR) is 128 cm³/mol. The Balaban J connectivity index is 1.47. The number of aliphatic hydroxyl groups is 1. The van der Waals surface area contributed by atoms with Gasteiger partial charge in [-0.15, -0.1) is 11.3 Å². The number of fused-ring (bicyclic) bond motifs is 3. The number of aliphatic hydroxyl groups excluding tert-OH is 1. The SMILES string of the molecule is C[C@]1([C@H](O)c2csc3ccccc23)CCCc2cc3c(cnn3-c3ccc(F)cc3)cc21. The van der Waals surface area contributed by atoms with E-state index >= 15 is 0 Å². The molecule has 0 saturated heterocycles. The molecule has 1 aliphatic rings. The molecule has 0 saturated carbocycles. The summed E-state index contributed by atoms with van der Waals surface area (Å²) in [5, 5.41) is 20.5. The van der Waals surface area contributed by atoms with Crippen molar-refractivity contribution in [3.05, 3.63) is 94.7 Å². The minimum absolute atomic E-state index is 0.256. The lowest BCUT2D eigenvalue weighted by Crippen LogP contribution is -2.34. The molecule has 160 valence electrons. The second-order valence-electron chi connectivity index (χ2n) is 8.96. The molecule has 2 heterocycles. The fourth-order valence-corrected chi connectivity index (χ4v) is 6.24. The fourth-order valence-electron chi connectivity index (χ4n) is 5.26. The van der Waals surface area contributed by atoms with E-state index in [-0.39, 0.29) is 11.2 Å². The summed E-state index contributed by atoms with van der Waals surface area (Å²) in [7, 11) is 0. The zero-order valence-corrected chi connectivity index (χ0v) is 18.6. The molecule has 3 nitrogen and oxygen atoms in total. The summed E-state index contributed by atoms with van der Waals surface area (Å²) in [6.45, 7) is 2.19. The Labute approximate surface area is 189 Å². The first-order valence-corrected chi connectivity index (χ1v) is 11.8. The smallest absolute Gasteiger partial charge is 0.123 e. The van der Waals surface area contributed by atoms with E-state index in [0.717, 1.165) is 46.8 Å². The van der Waals surface area contributed by atoms with E-state index in [2.05, 4.69) is 41.7 Å². The quantitative estimate of drug-likeness (QED) is 0.337. The lowest BCUT2D eigenvalue weighted by molar-refractivity contribution is 0.0799. The highest BCUT2D eigenvalue weighted by Crippen LogP contribution is 2.49. The number of benzene rings is 3. The van der Waals surface area contributed by atoms with Crippen molar-refractivity contribution in [1.29, 1.82) is 0 Å². The summed E-state index contributed by atoms with van der Waals surface area (Å²) in [5.41, 5.74) is 4.96. The van der Waals surface area contributed by atoms with Crippen LogP contribution in [0, 0.1) is 5.82 Å². The van der Waals surface area contributed by atoms with E-state index in [1.54, 1.807) is 23.5 Å². The molecule has 0 spiro atoms. The molecule has 0 unspecified atom stereocenters. The zero-order valence-electron chi connectivity index (χ0n) is 17.8. The highest BCUT2D eigenvalue weighted by Gasteiger charge is 2.40. The Morgan fingerprint density at radius 3 is 2.78 bits per heavy atom. The Morgan fingerprint density at radius 1 is 1.12 bits per heavy atom. The topological polar surface area (TPSA) is 38.1 Å². The molecule has 1 aliphatic carbocycles. The number of aromatic nitrogens is 2. The molecule has 2 aromatic heterocycles. The average molecular weight is 443 g/mol. The average Bonchev–Trinajstić information content (AvgIpc) is 3.42. The second kappa shape index (κ2) is 7.26. The molecule has 5 aromatic rings. The maximum atomic E-state index is 13.4. The molecule has 0 fully saturated rings. The standard InChI is InChI=1S/C27H23FN2OS/c1-27(26(31)22-16-32-25-7-3-2-6-21(22)25)12-4-5-17-14-24-18(13-23(17)27)15-29-30(24)20-10-8-19(28)9-11-20/h2-3,6-11,13-16,26,31H,4-5,12H2,1H3/t26-,27+/m1/s1. The van der Waals surface area contributed by atoms with Crippen molar-refractivity contribution in [2.24, 2.45) is 0 Å². The zero-order chi connectivity index (χ0) is 21.9. The first kappa shape index (κ1) is 19.6. The van der Waals surface area contributed by atoms with Gasteiger partial charge in [-0.3, -0.25) is 0 Å². The number of aryl methyl sites for hydroxylation is 1. The molecular formula is C27H23FN2OS. The molecule has 5 heteroatoms. The summed E-state index contributed by atoms with van der Waals surface area (Å²) in [6.07, 6.45) is 4.22. The number of halogens is 1. The number of rotatable bonds is 3. The first-order valence-electron chi connectivity index (χ1n) is 11.0. The van der Waals surface area contributed by atoms with Gasteiger partial charge in [-0.2, -0.15) is 5.10 Å². The maximum absolute atomic E-state index is 13.4. The van der Waals surface area contributed by atoms with Gasteiger partial charge in [0.1, 0.15) is 5.82 Å². The van der Waals surface area contributed by atoms with Gasteiger partial charge in [0.05, 0.1) is 23.5 Å². The Kier molecular flexibility index (Phi) is 4.46. The van der Waals surface area contributed by atoms with Crippen LogP contribution in [-0.2, 0) is 11.8 Å². The molecule has 0 radical (unpaired) electrons. The Bertz CT molecular complexity index is 1450. The third-order valence-electron chi connectivity index (χ3n) is 7.03. The van der Waals surface area contributed by atoms with Crippen molar-refractivity contribution >= 4 is 32.3 Å². The van der Waals surface area contributed by atoms with Crippen molar-refractivity contribution in [3.63, 3.8) is 0 Å².